The molecular weight excluding hydrogens is 401 g/mol. The predicted molar refractivity (Wildman–Crippen MR) is 89.2 cm³/mol. The van der Waals surface area contributed by atoms with Crippen LogP contribution in [0.25, 0.3) is 0 Å². The second-order valence-corrected chi connectivity index (χ2v) is 7.31. The Morgan fingerprint density at radius 1 is 1.24 bits per heavy atom. The van der Waals surface area contributed by atoms with Gasteiger partial charge in [0.1, 0.15) is 0 Å². The van der Waals surface area contributed by atoms with E-state index in [9.17, 15) is 23.1 Å². The number of aliphatic hydroxyl groups is 1. The molecule has 0 spiro atoms. The minimum Gasteiger partial charge on any atom is -0.362 e. The Morgan fingerprint density at radius 2 is 1.92 bits per heavy atom. The topological polar surface area (TPSA) is 52.6 Å². The maximum Gasteiger partial charge on any atom is 0.438 e. The van der Waals surface area contributed by atoms with Gasteiger partial charge in [-0.15, -0.1) is 0 Å². The molecule has 2 aliphatic rings. The molecule has 4 nitrogen and oxygen atoms in total. The highest BCUT2D eigenvalue weighted by atomic mass is 79.9. The number of carbonyl (C=O) groups is 1. The molecule has 1 heterocycles. The molecule has 0 bridgehead atoms. The second-order valence-electron chi connectivity index (χ2n) is 6.40. The van der Waals surface area contributed by atoms with Crippen LogP contribution in [0.3, 0.4) is 0 Å². The van der Waals surface area contributed by atoms with Gasteiger partial charge in [-0.25, -0.2) is 5.01 Å². The molecule has 1 atom stereocenters. The van der Waals surface area contributed by atoms with Crippen LogP contribution >= 0.6 is 15.9 Å². The maximum absolute atomic E-state index is 13.6. The van der Waals surface area contributed by atoms with E-state index in [1.54, 1.807) is 12.1 Å². The number of hydrogen-bond donors (Lipinski definition) is 2. The fraction of sp³-hybridized carbons (Fsp3) is 0.471. The first-order chi connectivity index (χ1) is 11.7. The minimum atomic E-state index is -4.97. The zero-order chi connectivity index (χ0) is 18.2. The number of rotatable bonds is 1. The summed E-state index contributed by atoms with van der Waals surface area (Å²) in [5.41, 5.74) is 0.519. The number of hydrogen-bond acceptors (Lipinski definition) is 3. The molecule has 1 aliphatic heterocycles. The fourth-order valence-electron chi connectivity index (χ4n) is 3.27. The standard InChI is InChI=1S/C17H18BrF3N2O2/c18-13-8-4-7-12(9-13)15(24)23-16(25,17(19,20)21)10-14(22-23)11-5-2-1-3-6-11/h4,7-9,22,25H,1-3,5-6,10H2/t16-/m0/s1. The molecule has 8 heteroatoms. The van der Waals surface area contributed by atoms with Crippen molar-refractivity contribution in [1.29, 1.82) is 0 Å². The van der Waals surface area contributed by atoms with Crippen LogP contribution in [0.4, 0.5) is 13.2 Å². The van der Waals surface area contributed by atoms with E-state index in [4.69, 9.17) is 0 Å². The number of hydrazine groups is 1. The van der Waals surface area contributed by atoms with E-state index in [0.717, 1.165) is 24.8 Å². The Balaban J connectivity index is 1.98. The molecule has 2 N–H and O–H groups in total. The number of carbonyl (C=O) groups excluding carboxylic acids is 1. The Labute approximate surface area is 151 Å². The van der Waals surface area contributed by atoms with E-state index in [0.29, 0.717) is 28.0 Å². The van der Waals surface area contributed by atoms with Gasteiger partial charge in [-0.1, -0.05) is 28.4 Å². The van der Waals surface area contributed by atoms with Crippen molar-refractivity contribution in [2.75, 3.05) is 0 Å². The Kier molecular flexibility index (Phi) is 4.85. The quantitative estimate of drug-likeness (QED) is 0.715. The molecule has 1 aromatic carbocycles. The highest BCUT2D eigenvalue weighted by Crippen LogP contribution is 2.43. The Bertz CT molecular complexity index is 712. The summed E-state index contributed by atoms with van der Waals surface area (Å²) in [6, 6.07) is 6.06. The van der Waals surface area contributed by atoms with E-state index in [1.807, 2.05) is 0 Å². The third-order valence-electron chi connectivity index (χ3n) is 4.65. The van der Waals surface area contributed by atoms with Crippen molar-refractivity contribution in [3.8, 4) is 0 Å². The second kappa shape index (κ2) is 6.64. The molecule has 1 saturated carbocycles. The molecular formula is C17H18BrF3N2O2. The number of amides is 1. The van der Waals surface area contributed by atoms with Crippen molar-refractivity contribution in [3.05, 3.63) is 45.6 Å². The highest BCUT2D eigenvalue weighted by Gasteiger charge is 2.63. The highest BCUT2D eigenvalue weighted by molar-refractivity contribution is 9.10. The first kappa shape index (κ1) is 18.3. The van der Waals surface area contributed by atoms with Crippen LogP contribution in [0.15, 0.2) is 40.0 Å². The summed E-state index contributed by atoms with van der Waals surface area (Å²) < 4.78 is 41.3. The number of benzene rings is 1. The van der Waals surface area contributed by atoms with Gasteiger partial charge in [0, 0.05) is 22.2 Å². The molecule has 0 radical (unpaired) electrons. The van der Waals surface area contributed by atoms with Crippen LogP contribution < -0.4 is 5.43 Å². The summed E-state index contributed by atoms with van der Waals surface area (Å²) in [5, 5.41) is 10.7. The predicted octanol–water partition coefficient (Wildman–Crippen LogP) is 4.27. The molecule has 2 fully saturated rings. The van der Waals surface area contributed by atoms with Gasteiger partial charge in [-0.05, 0) is 49.5 Å². The summed E-state index contributed by atoms with van der Waals surface area (Å²) in [6.07, 6.45) is -1.40. The van der Waals surface area contributed by atoms with Gasteiger partial charge in [-0.2, -0.15) is 13.2 Å². The van der Waals surface area contributed by atoms with Gasteiger partial charge in [0.2, 0.25) is 0 Å². The lowest BCUT2D eigenvalue weighted by Gasteiger charge is -2.33. The summed E-state index contributed by atoms with van der Waals surface area (Å²) >= 11 is 3.20. The zero-order valence-electron chi connectivity index (χ0n) is 13.4. The lowest BCUT2D eigenvalue weighted by Crippen LogP contribution is -2.59. The van der Waals surface area contributed by atoms with E-state index in [2.05, 4.69) is 21.4 Å². The van der Waals surface area contributed by atoms with Gasteiger partial charge >= 0.3 is 6.18 Å². The van der Waals surface area contributed by atoms with E-state index in [1.165, 1.54) is 12.1 Å². The normalized spacial score (nSPS) is 24.4. The third-order valence-corrected chi connectivity index (χ3v) is 5.15. The zero-order valence-corrected chi connectivity index (χ0v) is 15.0. The Morgan fingerprint density at radius 3 is 2.52 bits per heavy atom. The first-order valence-electron chi connectivity index (χ1n) is 8.09. The molecule has 0 aromatic heterocycles. The van der Waals surface area contributed by atoms with Gasteiger partial charge in [0.05, 0.1) is 0 Å². The van der Waals surface area contributed by atoms with Crippen LogP contribution in [-0.4, -0.2) is 27.9 Å². The summed E-state index contributed by atoms with van der Waals surface area (Å²) in [6.45, 7) is 0. The smallest absolute Gasteiger partial charge is 0.362 e. The van der Waals surface area contributed by atoms with Gasteiger partial charge < -0.3 is 5.11 Å². The lowest BCUT2D eigenvalue weighted by molar-refractivity contribution is -0.299. The fourth-order valence-corrected chi connectivity index (χ4v) is 3.67. The van der Waals surface area contributed by atoms with Crippen molar-refractivity contribution >= 4 is 21.8 Å². The van der Waals surface area contributed by atoms with Crippen LogP contribution in [0.5, 0.6) is 0 Å². The first-order valence-corrected chi connectivity index (χ1v) is 8.88. The van der Waals surface area contributed by atoms with Crippen LogP contribution in [0.2, 0.25) is 0 Å². The van der Waals surface area contributed by atoms with Gasteiger partial charge in [0.15, 0.2) is 0 Å². The van der Waals surface area contributed by atoms with Crippen molar-refractivity contribution in [2.45, 2.75) is 50.4 Å². The van der Waals surface area contributed by atoms with E-state index < -0.39 is 24.2 Å². The van der Waals surface area contributed by atoms with E-state index >= 15 is 0 Å². The van der Waals surface area contributed by atoms with Crippen LogP contribution in [-0.2, 0) is 0 Å². The van der Waals surface area contributed by atoms with Gasteiger partial charge in [0.25, 0.3) is 11.6 Å². The van der Waals surface area contributed by atoms with Crippen molar-refractivity contribution in [3.63, 3.8) is 0 Å². The average Bonchev–Trinajstić information content (AvgIpc) is 2.94. The molecule has 1 aliphatic carbocycles. The Hall–Kier alpha value is -1.54. The van der Waals surface area contributed by atoms with Crippen LogP contribution in [0, 0.1) is 0 Å². The maximum atomic E-state index is 13.6. The summed E-state index contributed by atoms with van der Waals surface area (Å²) in [7, 11) is 0. The molecule has 1 amide bonds. The monoisotopic (exact) mass is 418 g/mol. The molecule has 1 saturated heterocycles. The van der Waals surface area contributed by atoms with Crippen LogP contribution in [0.1, 0.15) is 48.9 Å². The summed E-state index contributed by atoms with van der Waals surface area (Å²) in [4.78, 5) is 12.6. The average molecular weight is 419 g/mol. The minimum absolute atomic E-state index is 0.0550. The lowest BCUT2D eigenvalue weighted by atomic mass is 9.91. The third kappa shape index (κ3) is 3.42. The van der Waals surface area contributed by atoms with Crippen molar-refractivity contribution < 1.29 is 23.1 Å². The molecule has 3 rings (SSSR count). The number of halogens is 4. The number of nitrogens with one attached hydrogen (secondary N) is 1. The number of alkyl halides is 3. The SMILES string of the molecule is O=C(c1cccc(Br)c1)N1NC(=C2CCCCC2)C[C@]1(O)C(F)(F)F. The van der Waals surface area contributed by atoms with Gasteiger partial charge in [-0.3, -0.25) is 10.2 Å². The molecule has 0 unspecified atom stereocenters. The van der Waals surface area contributed by atoms with E-state index in [-0.39, 0.29) is 5.56 Å². The molecule has 25 heavy (non-hydrogen) atoms. The molecule has 1 aromatic rings. The largest absolute Gasteiger partial charge is 0.438 e. The van der Waals surface area contributed by atoms with Crippen molar-refractivity contribution in [2.24, 2.45) is 0 Å². The summed E-state index contributed by atoms with van der Waals surface area (Å²) in [5.74, 6) is -0.924. The molecule has 136 valence electrons. The number of nitrogens with zero attached hydrogens (tertiary/aromatic N) is 1. The number of allylic oxidation sites excluding steroid dienone is 1. The van der Waals surface area contributed by atoms with Crippen molar-refractivity contribution in [1.82, 2.24) is 10.4 Å².